The highest BCUT2D eigenvalue weighted by molar-refractivity contribution is 6.29. The maximum absolute atomic E-state index is 13.1. The molecule has 3 aromatic heterocycles. The molecule has 1 atom stereocenters. The lowest BCUT2D eigenvalue weighted by Crippen LogP contribution is -2.41. The Morgan fingerprint density at radius 2 is 1.78 bits per heavy atom. The number of halogens is 1. The first-order chi connectivity index (χ1) is 17.8. The number of fused-ring (bicyclic) bond motifs is 1. The number of nitrogens with one attached hydrogen (secondary N) is 4. The van der Waals surface area contributed by atoms with Crippen LogP contribution in [0.25, 0.3) is 5.65 Å². The van der Waals surface area contributed by atoms with Crippen molar-refractivity contribution < 1.29 is 14.7 Å². The third kappa shape index (κ3) is 6.47. The second kappa shape index (κ2) is 10.9. The van der Waals surface area contributed by atoms with Gasteiger partial charge in [-0.05, 0) is 57.6 Å². The van der Waals surface area contributed by atoms with Crippen LogP contribution in [0.2, 0.25) is 5.15 Å². The molecule has 0 bridgehead atoms. The molecule has 0 radical (unpaired) electrons. The molecule has 0 spiro atoms. The van der Waals surface area contributed by atoms with E-state index >= 15 is 0 Å². The minimum Gasteiger partial charge on any atom is -0.393 e. The summed E-state index contributed by atoms with van der Waals surface area (Å²) in [5.74, 6) is 0.177. The molecular weight excluding hydrogens is 496 g/mol. The van der Waals surface area contributed by atoms with Gasteiger partial charge in [0, 0.05) is 36.1 Å². The number of carbonyl (C=O) groups is 2. The van der Waals surface area contributed by atoms with E-state index in [0.717, 1.165) is 44.2 Å². The van der Waals surface area contributed by atoms with Gasteiger partial charge in [-0.25, -0.2) is 14.5 Å². The number of imidazole rings is 1. The van der Waals surface area contributed by atoms with Crippen LogP contribution in [0.3, 0.4) is 0 Å². The highest BCUT2D eigenvalue weighted by Crippen LogP contribution is 2.30. The van der Waals surface area contributed by atoms with Crippen LogP contribution in [0.1, 0.15) is 62.4 Å². The van der Waals surface area contributed by atoms with Gasteiger partial charge < -0.3 is 26.4 Å². The molecule has 0 saturated heterocycles. The summed E-state index contributed by atoms with van der Waals surface area (Å²) in [6.07, 6.45) is 8.12. The molecule has 0 aromatic carbocycles. The van der Waals surface area contributed by atoms with E-state index in [-0.39, 0.29) is 35.5 Å². The van der Waals surface area contributed by atoms with Crippen LogP contribution in [-0.4, -0.2) is 60.7 Å². The Bertz CT molecular complexity index is 1280. The molecule has 2 fully saturated rings. The summed E-state index contributed by atoms with van der Waals surface area (Å²) < 4.78 is 1.56. The van der Waals surface area contributed by atoms with E-state index in [9.17, 15) is 14.7 Å². The van der Waals surface area contributed by atoms with Gasteiger partial charge in [0.1, 0.15) is 11.0 Å². The topological polar surface area (TPSA) is 146 Å². The van der Waals surface area contributed by atoms with Crippen LogP contribution in [0, 0.1) is 0 Å². The third-order valence-electron chi connectivity index (χ3n) is 6.55. The van der Waals surface area contributed by atoms with Crippen molar-refractivity contribution in [3.05, 3.63) is 41.4 Å². The van der Waals surface area contributed by atoms with Gasteiger partial charge >= 0.3 is 0 Å². The van der Waals surface area contributed by atoms with E-state index in [1.165, 1.54) is 12.4 Å². The van der Waals surface area contributed by atoms with Gasteiger partial charge in [0.2, 0.25) is 5.91 Å². The number of hydrogen-bond acceptors (Lipinski definition) is 8. The van der Waals surface area contributed by atoms with Gasteiger partial charge in [0.25, 0.3) is 5.91 Å². The Kier molecular flexibility index (Phi) is 7.43. The van der Waals surface area contributed by atoms with E-state index in [1.54, 1.807) is 23.6 Å². The number of rotatable bonds is 9. The number of aromatic nitrogens is 4. The largest absolute Gasteiger partial charge is 0.393 e. The molecule has 5 N–H and O–H groups in total. The molecule has 2 aliphatic rings. The molecule has 3 aromatic rings. The minimum atomic E-state index is -0.643. The second-order valence-electron chi connectivity index (χ2n) is 9.88. The molecule has 2 saturated carbocycles. The predicted molar refractivity (Wildman–Crippen MR) is 141 cm³/mol. The first-order valence-electron chi connectivity index (χ1n) is 12.7. The van der Waals surface area contributed by atoms with Crippen molar-refractivity contribution in [1.29, 1.82) is 0 Å². The van der Waals surface area contributed by atoms with Crippen molar-refractivity contribution in [3.8, 4) is 0 Å². The Balaban J connectivity index is 1.31. The summed E-state index contributed by atoms with van der Waals surface area (Å²) in [7, 11) is 0. The molecule has 0 unspecified atom stereocenters. The fourth-order valence-electron chi connectivity index (χ4n) is 4.57. The molecule has 196 valence electrons. The Hall–Kier alpha value is -3.44. The fourth-order valence-corrected chi connectivity index (χ4v) is 4.74. The first-order valence-corrected chi connectivity index (χ1v) is 13.0. The number of hydrogen-bond donors (Lipinski definition) is 5. The molecule has 2 amide bonds. The summed E-state index contributed by atoms with van der Waals surface area (Å²) in [6, 6.07) is 5.87. The molecule has 11 nitrogen and oxygen atoms in total. The van der Waals surface area contributed by atoms with E-state index in [2.05, 4.69) is 31.2 Å². The van der Waals surface area contributed by atoms with E-state index in [1.807, 2.05) is 6.07 Å². The normalized spacial score (nSPS) is 20.3. The smallest absolute Gasteiger partial charge is 0.276 e. The van der Waals surface area contributed by atoms with Gasteiger partial charge in [-0.1, -0.05) is 11.6 Å². The lowest BCUT2D eigenvalue weighted by Gasteiger charge is -2.30. The first kappa shape index (κ1) is 25.2. The molecular formula is C25H31ClN8O3. The predicted octanol–water partition coefficient (Wildman–Crippen LogP) is 3.21. The minimum absolute atomic E-state index is 0.109. The van der Waals surface area contributed by atoms with Crippen molar-refractivity contribution in [3.63, 3.8) is 0 Å². The van der Waals surface area contributed by atoms with Crippen molar-refractivity contribution in [1.82, 2.24) is 24.9 Å². The monoisotopic (exact) mass is 526 g/mol. The van der Waals surface area contributed by atoms with Gasteiger partial charge in [-0.3, -0.25) is 9.59 Å². The highest BCUT2D eigenvalue weighted by atomic mass is 35.5. The summed E-state index contributed by atoms with van der Waals surface area (Å²) in [6.45, 7) is 1.61. The number of nitrogens with zero attached hydrogens (tertiary/aromatic N) is 4. The van der Waals surface area contributed by atoms with E-state index in [0.29, 0.717) is 28.9 Å². The zero-order valence-corrected chi connectivity index (χ0v) is 21.3. The number of pyridine rings is 1. The van der Waals surface area contributed by atoms with Gasteiger partial charge in [-0.15, -0.1) is 5.10 Å². The Morgan fingerprint density at radius 1 is 1.08 bits per heavy atom. The van der Waals surface area contributed by atoms with Crippen molar-refractivity contribution in [2.24, 2.45) is 0 Å². The zero-order valence-electron chi connectivity index (χ0n) is 20.6. The maximum atomic E-state index is 13.1. The molecule has 5 rings (SSSR count). The van der Waals surface area contributed by atoms with Crippen LogP contribution < -0.4 is 21.3 Å². The highest BCUT2D eigenvalue weighted by Gasteiger charge is 2.26. The van der Waals surface area contributed by atoms with Crippen LogP contribution in [0.15, 0.2) is 30.6 Å². The Morgan fingerprint density at radius 3 is 2.49 bits per heavy atom. The standard InChI is InChI=1S/C25H31ClN8O3/c1-14(35)10-23(36)31-17-6-4-16(5-7-17)30-22-12-19(29-15-2-3-15)24-28-13-20(34(24)33-22)25(37)32-18-8-9-27-21(26)11-18/h8-9,11-17,29,35H,2-7,10H2,1H3,(H,30,33)(H,31,36)(H,27,32,37)/t14-,16?,17?/m1/s1. The van der Waals surface area contributed by atoms with Gasteiger partial charge in [-0.2, -0.15) is 0 Å². The maximum Gasteiger partial charge on any atom is 0.276 e. The quantitative estimate of drug-likeness (QED) is 0.267. The van der Waals surface area contributed by atoms with Crippen molar-refractivity contribution in [2.75, 3.05) is 16.0 Å². The lowest BCUT2D eigenvalue weighted by molar-refractivity contribution is -0.123. The SMILES string of the molecule is C[C@@H](O)CC(=O)NC1CCC(Nc2cc(NC3CC3)c3ncc(C(=O)Nc4ccnc(Cl)c4)n3n2)CC1. The molecule has 12 heteroatoms. The van der Waals surface area contributed by atoms with E-state index in [4.69, 9.17) is 16.7 Å². The van der Waals surface area contributed by atoms with E-state index < -0.39 is 6.10 Å². The second-order valence-corrected chi connectivity index (χ2v) is 10.3. The van der Waals surface area contributed by atoms with Crippen LogP contribution >= 0.6 is 11.6 Å². The molecule has 3 heterocycles. The number of amides is 2. The molecule has 0 aliphatic heterocycles. The molecule has 2 aliphatic carbocycles. The number of anilines is 3. The van der Waals surface area contributed by atoms with Crippen molar-refractivity contribution >= 4 is 46.3 Å². The summed E-state index contributed by atoms with van der Waals surface area (Å²) >= 11 is 5.95. The average Bonchev–Trinajstić information content (AvgIpc) is 3.55. The lowest BCUT2D eigenvalue weighted by atomic mass is 9.91. The van der Waals surface area contributed by atoms with Crippen LogP contribution in [0.5, 0.6) is 0 Å². The van der Waals surface area contributed by atoms with Crippen LogP contribution in [0.4, 0.5) is 17.2 Å². The number of aliphatic hydroxyl groups is 1. The number of carbonyl (C=O) groups excluding carboxylic acids is 2. The third-order valence-corrected chi connectivity index (χ3v) is 6.75. The molecule has 37 heavy (non-hydrogen) atoms. The number of aliphatic hydroxyl groups excluding tert-OH is 1. The average molecular weight is 527 g/mol. The van der Waals surface area contributed by atoms with Crippen LogP contribution in [-0.2, 0) is 4.79 Å². The summed E-state index contributed by atoms with van der Waals surface area (Å²) in [5, 5.41) is 27.3. The Labute approximate surface area is 219 Å². The van der Waals surface area contributed by atoms with Gasteiger partial charge in [0.05, 0.1) is 24.4 Å². The summed E-state index contributed by atoms with van der Waals surface area (Å²) in [5.41, 5.74) is 2.24. The fraction of sp³-hybridized carbons (Fsp3) is 0.480. The van der Waals surface area contributed by atoms with Crippen molar-refractivity contribution in [2.45, 2.75) is 76.1 Å². The summed E-state index contributed by atoms with van der Waals surface area (Å²) in [4.78, 5) is 33.5. The zero-order chi connectivity index (χ0) is 25.9. The van der Waals surface area contributed by atoms with Gasteiger partial charge in [0.15, 0.2) is 11.3 Å².